The van der Waals surface area contributed by atoms with Gasteiger partial charge in [-0.3, -0.25) is 0 Å². The van der Waals surface area contributed by atoms with Crippen molar-refractivity contribution in [2.75, 3.05) is 0 Å². The zero-order chi connectivity index (χ0) is 23.7. The van der Waals surface area contributed by atoms with Gasteiger partial charge in [0.25, 0.3) is 0 Å². The van der Waals surface area contributed by atoms with E-state index in [1.165, 1.54) is 6.33 Å². The first-order valence-electron chi connectivity index (χ1n) is 10.7. The quantitative estimate of drug-likeness (QED) is 0.181. The molecule has 172 valence electrons. The number of hydrogen-bond acceptors (Lipinski definition) is 2. The third-order valence-electron chi connectivity index (χ3n) is 6.59. The van der Waals surface area contributed by atoms with Crippen LogP contribution in [0.15, 0.2) is 48.8 Å². The van der Waals surface area contributed by atoms with Crippen molar-refractivity contribution < 1.29 is 31.3 Å². The van der Waals surface area contributed by atoms with Gasteiger partial charge in [-0.05, 0) is 40.8 Å². The lowest BCUT2D eigenvalue weighted by Crippen LogP contribution is -2.51. The van der Waals surface area contributed by atoms with E-state index in [4.69, 9.17) is 4.74 Å². The minimum atomic E-state index is -2.21. The highest BCUT2D eigenvalue weighted by atomic mass is 19.2. The topological polar surface area (TPSA) is 30.9 Å². The molecule has 0 unspecified atom stereocenters. The Bertz CT molecular complexity index is 1450. The number of rotatable bonds is 2. The molecule has 0 radical (unpaired) electrons. The summed E-state index contributed by atoms with van der Waals surface area (Å²) >= 11 is 0. The average molecular weight is 470 g/mol. The van der Waals surface area contributed by atoms with Crippen molar-refractivity contribution >= 4 is 0 Å². The zero-order valence-electron chi connectivity index (χ0n) is 17.8. The maximum atomic E-state index is 14.4. The first-order valence-corrected chi connectivity index (χ1v) is 10.7. The van der Waals surface area contributed by atoms with Crippen LogP contribution in [0, 0.1) is 36.0 Å². The lowest BCUT2D eigenvalue weighted by molar-refractivity contribution is -0.739. The summed E-state index contributed by atoms with van der Waals surface area (Å²) in [6, 6.07) is 13.8. The second-order valence-corrected chi connectivity index (χ2v) is 8.53. The van der Waals surface area contributed by atoms with E-state index in [9.17, 15) is 22.0 Å². The normalized spacial score (nSPS) is 18.5. The zero-order valence-corrected chi connectivity index (χ0v) is 17.8. The molecule has 0 amide bonds. The highest BCUT2D eigenvalue weighted by Crippen LogP contribution is 2.39. The molecule has 0 saturated carbocycles. The van der Waals surface area contributed by atoms with Crippen LogP contribution in [0.2, 0.25) is 0 Å². The molecular weight excluding hydrogens is 453 g/mol. The number of aryl methyl sites for hydroxylation is 1. The Morgan fingerprint density at radius 3 is 2.38 bits per heavy atom. The summed E-state index contributed by atoms with van der Waals surface area (Å²) in [5.41, 5.74) is 4.11. The van der Waals surface area contributed by atoms with Crippen LogP contribution >= 0.6 is 0 Å². The van der Waals surface area contributed by atoms with Crippen molar-refractivity contribution in [2.45, 2.75) is 32.1 Å². The van der Waals surface area contributed by atoms with Gasteiger partial charge >= 0.3 is 5.82 Å². The van der Waals surface area contributed by atoms with E-state index in [2.05, 4.69) is 11.2 Å². The molecule has 4 nitrogen and oxygen atoms in total. The number of halogens is 5. The lowest BCUT2D eigenvalue weighted by Gasteiger charge is -2.23. The SMILES string of the molecule is Cc1ccccc1-c1ccc2c(c1)[C@@H]1[C@H](C2)OCc2nn(-c3c(F)c(F)c(F)c(F)c3F)c[n+]21. The molecule has 2 heterocycles. The van der Waals surface area contributed by atoms with E-state index in [1.54, 1.807) is 4.57 Å². The summed E-state index contributed by atoms with van der Waals surface area (Å²) < 4.78 is 78.3. The maximum Gasteiger partial charge on any atom is 0.304 e. The molecule has 6 rings (SSSR count). The Hall–Kier alpha value is -3.59. The van der Waals surface area contributed by atoms with Crippen LogP contribution in [0.4, 0.5) is 22.0 Å². The van der Waals surface area contributed by atoms with Crippen LogP contribution in [-0.4, -0.2) is 15.9 Å². The standard InChI is InChI=1S/C25H17F5N3O/c1-12-4-2-3-5-15(12)13-6-7-14-9-17-24(16(14)8-13)32-11-33(31-18(32)10-34-17)25-22(29)20(27)19(26)21(28)23(25)30/h2-8,11,17,24H,9-10H2,1H3/q+1/t17-,24+/m0/s1. The number of ether oxygens (including phenoxy) is 1. The molecule has 1 aliphatic carbocycles. The number of benzene rings is 3. The maximum absolute atomic E-state index is 14.4. The first kappa shape index (κ1) is 21.0. The molecule has 1 aromatic heterocycles. The van der Waals surface area contributed by atoms with E-state index >= 15 is 0 Å². The molecule has 1 aliphatic heterocycles. The highest BCUT2D eigenvalue weighted by molar-refractivity contribution is 5.69. The molecule has 2 atom stereocenters. The van der Waals surface area contributed by atoms with Crippen LogP contribution in [0.25, 0.3) is 16.8 Å². The van der Waals surface area contributed by atoms with Gasteiger partial charge in [0.15, 0.2) is 0 Å². The molecule has 2 aliphatic rings. The van der Waals surface area contributed by atoms with Crippen LogP contribution < -0.4 is 4.57 Å². The smallest absolute Gasteiger partial charge is 0.304 e. The molecule has 0 bridgehead atoms. The summed E-state index contributed by atoms with van der Waals surface area (Å²) in [6.45, 7) is 2.07. The van der Waals surface area contributed by atoms with Gasteiger partial charge in [-0.1, -0.05) is 41.1 Å². The summed E-state index contributed by atoms with van der Waals surface area (Å²) in [7, 11) is 0. The minimum Gasteiger partial charge on any atom is -0.363 e. The molecule has 9 heteroatoms. The average Bonchev–Trinajstić information content (AvgIpc) is 3.42. The van der Waals surface area contributed by atoms with Crippen molar-refractivity contribution in [2.24, 2.45) is 0 Å². The van der Waals surface area contributed by atoms with Crippen molar-refractivity contribution in [3.63, 3.8) is 0 Å². The summed E-state index contributed by atoms with van der Waals surface area (Å²) in [6.07, 6.45) is 1.66. The van der Waals surface area contributed by atoms with E-state index in [1.807, 2.05) is 43.3 Å². The van der Waals surface area contributed by atoms with Gasteiger partial charge in [-0.2, -0.15) is 8.78 Å². The molecule has 0 saturated heterocycles. The van der Waals surface area contributed by atoms with Crippen LogP contribution in [0.1, 0.15) is 28.6 Å². The predicted molar refractivity (Wildman–Crippen MR) is 111 cm³/mol. The van der Waals surface area contributed by atoms with Gasteiger partial charge in [0, 0.05) is 11.5 Å². The van der Waals surface area contributed by atoms with Gasteiger partial charge < -0.3 is 4.74 Å². The van der Waals surface area contributed by atoms with Crippen molar-refractivity contribution in [1.82, 2.24) is 9.78 Å². The van der Waals surface area contributed by atoms with E-state index < -0.39 is 34.8 Å². The fraction of sp³-hybridized carbons (Fsp3) is 0.200. The first-order chi connectivity index (χ1) is 16.3. The molecular formula is C25H17F5N3O+. The lowest BCUT2D eigenvalue weighted by atomic mass is 9.96. The number of aromatic nitrogens is 3. The molecule has 0 fully saturated rings. The monoisotopic (exact) mass is 470 g/mol. The van der Waals surface area contributed by atoms with Gasteiger partial charge in [-0.25, -0.2) is 17.7 Å². The second-order valence-electron chi connectivity index (χ2n) is 8.53. The van der Waals surface area contributed by atoms with E-state index in [0.717, 1.165) is 27.8 Å². The summed E-state index contributed by atoms with van der Waals surface area (Å²) in [5.74, 6) is -9.81. The number of hydrogen-bond donors (Lipinski definition) is 0. The van der Waals surface area contributed by atoms with Gasteiger partial charge in [0.05, 0.1) is 0 Å². The van der Waals surface area contributed by atoms with Crippen LogP contribution in [-0.2, 0) is 17.8 Å². The van der Waals surface area contributed by atoms with Gasteiger partial charge in [0.2, 0.25) is 41.1 Å². The second kappa shape index (κ2) is 7.46. The third-order valence-corrected chi connectivity index (χ3v) is 6.59. The molecule has 34 heavy (non-hydrogen) atoms. The van der Waals surface area contributed by atoms with Gasteiger partial charge in [-0.15, -0.1) is 0 Å². The van der Waals surface area contributed by atoms with Crippen LogP contribution in [0.3, 0.4) is 0 Å². The summed E-state index contributed by atoms with van der Waals surface area (Å²) in [5, 5.41) is 4.10. The summed E-state index contributed by atoms with van der Waals surface area (Å²) in [4.78, 5) is 0. The van der Waals surface area contributed by atoms with E-state index in [-0.39, 0.29) is 18.8 Å². The van der Waals surface area contributed by atoms with Crippen molar-refractivity contribution in [3.8, 4) is 16.8 Å². The Kier molecular flexibility index (Phi) is 4.60. The van der Waals surface area contributed by atoms with Crippen LogP contribution in [0.5, 0.6) is 0 Å². The Balaban J connectivity index is 1.48. The third kappa shape index (κ3) is 2.93. The molecule has 0 spiro atoms. The number of fused-ring (bicyclic) bond motifs is 5. The fourth-order valence-corrected chi connectivity index (χ4v) is 4.93. The van der Waals surface area contributed by atoms with Gasteiger partial charge in [0.1, 0.15) is 18.8 Å². The molecule has 4 aromatic rings. The Morgan fingerprint density at radius 2 is 1.65 bits per heavy atom. The highest BCUT2D eigenvalue weighted by Gasteiger charge is 2.44. The molecule has 3 aromatic carbocycles. The van der Waals surface area contributed by atoms with E-state index in [0.29, 0.717) is 16.9 Å². The fourth-order valence-electron chi connectivity index (χ4n) is 4.93. The predicted octanol–water partition coefficient (Wildman–Crippen LogP) is 4.88. The Morgan fingerprint density at radius 1 is 0.941 bits per heavy atom. The minimum absolute atomic E-state index is 0.0439. The largest absolute Gasteiger partial charge is 0.363 e. The van der Waals surface area contributed by atoms with Crippen molar-refractivity contribution in [3.05, 3.63) is 100 Å². The number of nitrogens with zero attached hydrogens (tertiary/aromatic N) is 3. The molecule has 0 N–H and O–H groups in total. The van der Waals surface area contributed by atoms with Crippen molar-refractivity contribution in [1.29, 1.82) is 0 Å². The Labute approximate surface area is 190 Å².